The first kappa shape index (κ1) is 12.7. The van der Waals surface area contributed by atoms with Crippen molar-refractivity contribution in [3.8, 4) is 0 Å². The van der Waals surface area contributed by atoms with Crippen molar-refractivity contribution in [3.63, 3.8) is 0 Å². The van der Waals surface area contributed by atoms with Crippen molar-refractivity contribution in [2.24, 2.45) is 0 Å². The third kappa shape index (κ3) is 1.74. The highest BCUT2D eigenvalue weighted by Gasteiger charge is 2.63. The summed E-state index contributed by atoms with van der Waals surface area (Å²) in [6.45, 7) is 2.20. The van der Waals surface area contributed by atoms with Crippen molar-refractivity contribution in [2.75, 3.05) is 19.6 Å². The standard InChI is InChI=1S/C13H17N3O3S/c17-20(18)12-4-11-6-15-8-13(12,19-11)9-16(20)7-10-2-1-3-14-5-10/h1-3,5,11-12,15H,4,6-9H2/t11-,12+,13+/m0/s1. The fraction of sp³-hybridized carbons (Fsp3) is 0.615. The van der Waals surface area contributed by atoms with Crippen LogP contribution in [0.3, 0.4) is 0 Å². The van der Waals surface area contributed by atoms with Crippen molar-refractivity contribution >= 4 is 10.0 Å². The largest absolute Gasteiger partial charge is 0.366 e. The molecule has 0 aromatic carbocycles. The minimum absolute atomic E-state index is 0.0454. The number of pyridine rings is 1. The lowest BCUT2D eigenvalue weighted by atomic mass is 10.00. The minimum atomic E-state index is -3.29. The van der Waals surface area contributed by atoms with Gasteiger partial charge in [-0.15, -0.1) is 0 Å². The van der Waals surface area contributed by atoms with Gasteiger partial charge in [0, 0.05) is 38.6 Å². The summed E-state index contributed by atoms with van der Waals surface area (Å²) in [6.07, 6.45) is 4.06. The van der Waals surface area contributed by atoms with Crippen LogP contribution < -0.4 is 5.32 Å². The van der Waals surface area contributed by atoms with E-state index < -0.39 is 20.9 Å². The van der Waals surface area contributed by atoms with Crippen LogP contribution in [0.1, 0.15) is 12.0 Å². The molecule has 0 radical (unpaired) electrons. The number of fused-ring (bicyclic) bond motifs is 1. The Balaban J connectivity index is 1.64. The average molecular weight is 295 g/mol. The van der Waals surface area contributed by atoms with Crippen LogP contribution in [0.15, 0.2) is 24.5 Å². The maximum absolute atomic E-state index is 12.7. The van der Waals surface area contributed by atoms with E-state index in [1.165, 1.54) is 0 Å². The molecule has 4 rings (SSSR count). The number of morpholine rings is 1. The SMILES string of the molecule is O=S1(=O)[C@@H]2C[C@H]3CNC[C@]2(CN1Cc1cccnc1)O3. The lowest BCUT2D eigenvalue weighted by Crippen LogP contribution is -2.53. The lowest BCUT2D eigenvalue weighted by Gasteiger charge is -2.32. The maximum Gasteiger partial charge on any atom is 0.220 e. The molecular weight excluding hydrogens is 278 g/mol. The van der Waals surface area contributed by atoms with Crippen LogP contribution in [-0.4, -0.2) is 54.3 Å². The predicted octanol–water partition coefficient (Wildman–Crippen LogP) is -0.273. The normalized spacial score (nSPS) is 38.8. The molecule has 6 nitrogen and oxygen atoms in total. The first-order valence-electron chi connectivity index (χ1n) is 6.87. The van der Waals surface area contributed by atoms with E-state index in [9.17, 15) is 8.42 Å². The van der Waals surface area contributed by atoms with E-state index in [-0.39, 0.29) is 6.10 Å². The van der Waals surface area contributed by atoms with Crippen LogP contribution in [0.2, 0.25) is 0 Å². The molecule has 2 bridgehead atoms. The second kappa shape index (κ2) is 4.24. The van der Waals surface area contributed by atoms with E-state index >= 15 is 0 Å². The third-order valence-corrected chi connectivity index (χ3v) is 6.83. The highest BCUT2D eigenvalue weighted by Crippen LogP contribution is 2.44. The summed E-state index contributed by atoms with van der Waals surface area (Å²) in [4.78, 5) is 4.04. The molecular formula is C13H17N3O3S. The van der Waals surface area contributed by atoms with Gasteiger partial charge in [-0.05, 0) is 18.1 Å². The fourth-order valence-electron chi connectivity index (χ4n) is 3.63. The molecule has 4 heterocycles. The van der Waals surface area contributed by atoms with E-state index in [1.807, 2.05) is 12.1 Å². The molecule has 1 aromatic rings. The van der Waals surface area contributed by atoms with Crippen LogP contribution in [0.4, 0.5) is 0 Å². The summed E-state index contributed by atoms with van der Waals surface area (Å²) in [5, 5.41) is 2.91. The van der Waals surface area contributed by atoms with Crippen molar-refractivity contribution in [2.45, 2.75) is 29.9 Å². The Morgan fingerprint density at radius 3 is 3.25 bits per heavy atom. The topological polar surface area (TPSA) is 71.5 Å². The number of aromatic nitrogens is 1. The molecule has 1 spiro atoms. The van der Waals surface area contributed by atoms with E-state index in [2.05, 4.69) is 10.3 Å². The highest BCUT2D eigenvalue weighted by molar-refractivity contribution is 7.90. The quantitative estimate of drug-likeness (QED) is 0.813. The van der Waals surface area contributed by atoms with E-state index in [0.29, 0.717) is 26.1 Å². The van der Waals surface area contributed by atoms with Gasteiger partial charge in [-0.1, -0.05) is 6.07 Å². The molecule has 3 saturated heterocycles. The second-order valence-corrected chi connectivity index (χ2v) is 7.95. The minimum Gasteiger partial charge on any atom is -0.366 e. The van der Waals surface area contributed by atoms with Gasteiger partial charge in [0.15, 0.2) is 0 Å². The second-order valence-electron chi connectivity index (χ2n) is 5.83. The first-order chi connectivity index (χ1) is 9.60. The van der Waals surface area contributed by atoms with Gasteiger partial charge in [0.1, 0.15) is 10.9 Å². The number of ether oxygens (including phenoxy) is 1. The van der Waals surface area contributed by atoms with Gasteiger partial charge in [0.25, 0.3) is 0 Å². The van der Waals surface area contributed by atoms with Gasteiger partial charge in [0.05, 0.1) is 6.10 Å². The Kier molecular flexibility index (Phi) is 2.69. The number of nitrogens with one attached hydrogen (secondary N) is 1. The van der Waals surface area contributed by atoms with E-state index in [0.717, 1.165) is 12.1 Å². The van der Waals surface area contributed by atoms with Gasteiger partial charge in [-0.3, -0.25) is 4.98 Å². The molecule has 1 N–H and O–H groups in total. The Bertz CT molecular complexity index is 621. The summed E-state index contributed by atoms with van der Waals surface area (Å²) in [5.41, 5.74) is 0.358. The van der Waals surface area contributed by atoms with Crippen LogP contribution in [0.5, 0.6) is 0 Å². The van der Waals surface area contributed by atoms with Gasteiger partial charge in [-0.2, -0.15) is 4.31 Å². The zero-order valence-corrected chi connectivity index (χ0v) is 11.8. The summed E-state index contributed by atoms with van der Waals surface area (Å²) < 4.78 is 33.0. The molecule has 108 valence electrons. The average Bonchev–Trinajstić information content (AvgIpc) is 2.79. The smallest absolute Gasteiger partial charge is 0.220 e. The number of rotatable bonds is 2. The van der Waals surface area contributed by atoms with E-state index in [4.69, 9.17) is 4.74 Å². The Morgan fingerprint density at radius 2 is 2.45 bits per heavy atom. The monoisotopic (exact) mass is 295 g/mol. The first-order valence-corrected chi connectivity index (χ1v) is 8.37. The third-order valence-electron chi connectivity index (χ3n) is 4.51. The van der Waals surface area contributed by atoms with Crippen LogP contribution >= 0.6 is 0 Å². The van der Waals surface area contributed by atoms with Gasteiger partial charge in [-0.25, -0.2) is 8.42 Å². The number of hydrogen-bond acceptors (Lipinski definition) is 5. The van der Waals surface area contributed by atoms with Crippen molar-refractivity contribution < 1.29 is 13.2 Å². The molecule has 20 heavy (non-hydrogen) atoms. The van der Waals surface area contributed by atoms with Gasteiger partial charge >= 0.3 is 0 Å². The van der Waals surface area contributed by atoms with E-state index in [1.54, 1.807) is 16.7 Å². The molecule has 3 aliphatic rings. The van der Waals surface area contributed by atoms with Crippen molar-refractivity contribution in [1.29, 1.82) is 0 Å². The number of nitrogens with zero attached hydrogens (tertiary/aromatic N) is 2. The highest BCUT2D eigenvalue weighted by atomic mass is 32.2. The molecule has 1 aromatic heterocycles. The van der Waals surface area contributed by atoms with Crippen molar-refractivity contribution in [1.82, 2.24) is 14.6 Å². The lowest BCUT2D eigenvalue weighted by molar-refractivity contribution is -0.0634. The molecule has 7 heteroatoms. The molecule has 0 aliphatic carbocycles. The zero-order valence-electron chi connectivity index (χ0n) is 11.0. The molecule has 0 amide bonds. The summed E-state index contributed by atoms with van der Waals surface area (Å²) in [7, 11) is -3.29. The summed E-state index contributed by atoms with van der Waals surface area (Å²) >= 11 is 0. The molecule has 0 unspecified atom stereocenters. The van der Waals surface area contributed by atoms with Crippen LogP contribution in [-0.2, 0) is 21.3 Å². The van der Waals surface area contributed by atoms with Crippen LogP contribution in [0.25, 0.3) is 0 Å². The zero-order chi connectivity index (χ0) is 13.8. The summed E-state index contributed by atoms with van der Waals surface area (Å²) in [6, 6.07) is 3.73. The fourth-order valence-corrected chi connectivity index (χ4v) is 5.93. The molecule has 3 fully saturated rings. The summed E-state index contributed by atoms with van der Waals surface area (Å²) in [5.74, 6) is 0. The van der Waals surface area contributed by atoms with Crippen molar-refractivity contribution in [3.05, 3.63) is 30.1 Å². The molecule has 3 aliphatic heterocycles. The van der Waals surface area contributed by atoms with Crippen LogP contribution in [0, 0.1) is 0 Å². The Hall–Kier alpha value is -1.02. The molecule has 0 saturated carbocycles. The Morgan fingerprint density at radius 1 is 1.55 bits per heavy atom. The van der Waals surface area contributed by atoms with Gasteiger partial charge in [0.2, 0.25) is 10.0 Å². The molecule has 3 atom stereocenters. The number of sulfonamides is 1. The Labute approximate surface area is 118 Å². The number of hydrogen-bond donors (Lipinski definition) is 1. The maximum atomic E-state index is 12.7. The van der Waals surface area contributed by atoms with Gasteiger partial charge < -0.3 is 10.1 Å². The predicted molar refractivity (Wildman–Crippen MR) is 72.4 cm³/mol.